The van der Waals surface area contributed by atoms with Gasteiger partial charge < -0.3 is 9.47 Å². The van der Waals surface area contributed by atoms with Crippen LogP contribution in [0.1, 0.15) is 44.1 Å². The fraction of sp³-hybridized carbons (Fsp3) is 0.615. The van der Waals surface area contributed by atoms with E-state index in [2.05, 4.69) is 29.8 Å². The molecule has 0 aliphatic heterocycles. The number of hydrogen-bond acceptors (Lipinski definition) is 1. The van der Waals surface area contributed by atoms with Crippen molar-refractivity contribution < 1.29 is 4.79 Å². The SMILES string of the molecule is CCC(CC)N(C)C(=O)c1cc(Br)cn1CC. The predicted octanol–water partition coefficient (Wildman–Crippen LogP) is 3.53. The molecule has 3 nitrogen and oxygen atoms in total. The van der Waals surface area contributed by atoms with Crippen LogP contribution in [0.5, 0.6) is 0 Å². The van der Waals surface area contributed by atoms with Gasteiger partial charge in [-0.2, -0.15) is 0 Å². The summed E-state index contributed by atoms with van der Waals surface area (Å²) in [5, 5.41) is 0. The zero-order valence-corrected chi connectivity index (χ0v) is 12.6. The smallest absolute Gasteiger partial charge is 0.270 e. The Hall–Kier alpha value is -0.770. The monoisotopic (exact) mass is 300 g/mol. The van der Waals surface area contributed by atoms with Gasteiger partial charge in [0.05, 0.1) is 0 Å². The van der Waals surface area contributed by atoms with Crippen molar-refractivity contribution in [1.82, 2.24) is 9.47 Å². The average Bonchev–Trinajstić information content (AvgIpc) is 2.70. The first-order valence-electron chi connectivity index (χ1n) is 6.17. The third-order valence-electron chi connectivity index (χ3n) is 3.23. The molecule has 96 valence electrons. The highest BCUT2D eigenvalue weighted by atomic mass is 79.9. The van der Waals surface area contributed by atoms with E-state index in [1.165, 1.54) is 0 Å². The van der Waals surface area contributed by atoms with Crippen LogP contribution < -0.4 is 0 Å². The second-order valence-corrected chi connectivity index (χ2v) is 5.13. The van der Waals surface area contributed by atoms with Crippen LogP contribution in [0, 0.1) is 0 Å². The third-order valence-corrected chi connectivity index (χ3v) is 3.67. The molecule has 0 spiro atoms. The highest BCUT2D eigenvalue weighted by Crippen LogP contribution is 2.18. The van der Waals surface area contributed by atoms with E-state index in [-0.39, 0.29) is 5.91 Å². The van der Waals surface area contributed by atoms with Gasteiger partial charge >= 0.3 is 0 Å². The largest absolute Gasteiger partial charge is 0.343 e. The van der Waals surface area contributed by atoms with E-state index in [1.807, 2.05) is 35.7 Å². The van der Waals surface area contributed by atoms with E-state index in [9.17, 15) is 4.79 Å². The van der Waals surface area contributed by atoms with Crippen molar-refractivity contribution >= 4 is 21.8 Å². The van der Waals surface area contributed by atoms with Crippen LogP contribution in [0.25, 0.3) is 0 Å². The highest BCUT2D eigenvalue weighted by molar-refractivity contribution is 9.10. The van der Waals surface area contributed by atoms with Crippen LogP contribution in [0.3, 0.4) is 0 Å². The molecule has 0 saturated heterocycles. The van der Waals surface area contributed by atoms with Gasteiger partial charge in [0.1, 0.15) is 5.69 Å². The number of aryl methyl sites for hydroxylation is 1. The second kappa shape index (κ2) is 6.24. The van der Waals surface area contributed by atoms with Gasteiger partial charge in [0, 0.05) is 30.3 Å². The molecule has 0 aliphatic rings. The molecule has 0 aromatic carbocycles. The molecular weight excluding hydrogens is 280 g/mol. The quantitative estimate of drug-likeness (QED) is 0.816. The van der Waals surface area contributed by atoms with E-state index in [0.29, 0.717) is 6.04 Å². The van der Waals surface area contributed by atoms with E-state index in [1.54, 1.807) is 0 Å². The van der Waals surface area contributed by atoms with E-state index in [0.717, 1.165) is 29.6 Å². The summed E-state index contributed by atoms with van der Waals surface area (Å²) in [6, 6.07) is 2.21. The Morgan fingerprint density at radius 1 is 1.41 bits per heavy atom. The van der Waals surface area contributed by atoms with Gasteiger partial charge in [-0.05, 0) is 41.8 Å². The zero-order valence-electron chi connectivity index (χ0n) is 11.0. The lowest BCUT2D eigenvalue weighted by Crippen LogP contribution is -2.37. The van der Waals surface area contributed by atoms with Gasteiger partial charge in [0.25, 0.3) is 5.91 Å². The Kier molecular flexibility index (Phi) is 5.25. The number of halogens is 1. The molecule has 17 heavy (non-hydrogen) atoms. The Labute approximate surface area is 112 Å². The zero-order chi connectivity index (χ0) is 13.0. The van der Waals surface area contributed by atoms with Crippen molar-refractivity contribution in [1.29, 1.82) is 0 Å². The van der Waals surface area contributed by atoms with Crippen LogP contribution >= 0.6 is 15.9 Å². The van der Waals surface area contributed by atoms with Crippen LogP contribution in [-0.4, -0.2) is 28.5 Å². The van der Waals surface area contributed by atoms with Crippen LogP contribution in [0.15, 0.2) is 16.7 Å². The number of carbonyl (C=O) groups is 1. The average molecular weight is 301 g/mol. The molecular formula is C13H21BrN2O. The molecule has 0 aliphatic carbocycles. The number of hydrogen-bond donors (Lipinski definition) is 0. The minimum atomic E-state index is 0.103. The Morgan fingerprint density at radius 2 is 2.00 bits per heavy atom. The van der Waals surface area contributed by atoms with Gasteiger partial charge in [-0.3, -0.25) is 4.79 Å². The lowest BCUT2D eigenvalue weighted by molar-refractivity contribution is 0.0713. The second-order valence-electron chi connectivity index (χ2n) is 4.22. The van der Waals surface area contributed by atoms with Gasteiger partial charge in [-0.15, -0.1) is 0 Å². The number of nitrogens with zero attached hydrogens (tertiary/aromatic N) is 2. The maximum Gasteiger partial charge on any atom is 0.270 e. The van der Waals surface area contributed by atoms with Gasteiger partial charge in [-0.1, -0.05) is 13.8 Å². The van der Waals surface area contributed by atoms with Gasteiger partial charge in [0.2, 0.25) is 0 Å². The number of amides is 1. The molecule has 0 bridgehead atoms. The summed E-state index contributed by atoms with van der Waals surface area (Å²) in [4.78, 5) is 14.2. The molecule has 0 atom stereocenters. The molecule has 4 heteroatoms. The van der Waals surface area contributed by atoms with E-state index in [4.69, 9.17) is 0 Å². The normalized spacial score (nSPS) is 10.9. The van der Waals surface area contributed by atoms with Crippen molar-refractivity contribution in [2.24, 2.45) is 0 Å². The first kappa shape index (κ1) is 14.3. The Balaban J connectivity index is 2.95. The molecule has 1 amide bonds. The summed E-state index contributed by atoms with van der Waals surface area (Å²) in [6.45, 7) is 7.09. The Bertz CT molecular complexity index is 383. The fourth-order valence-electron chi connectivity index (χ4n) is 2.10. The van der Waals surface area contributed by atoms with Crippen LogP contribution in [0.2, 0.25) is 0 Å². The maximum atomic E-state index is 12.4. The molecule has 0 unspecified atom stereocenters. The highest BCUT2D eigenvalue weighted by Gasteiger charge is 2.21. The number of aromatic nitrogens is 1. The van der Waals surface area contributed by atoms with Crippen molar-refractivity contribution in [3.63, 3.8) is 0 Å². The summed E-state index contributed by atoms with van der Waals surface area (Å²) >= 11 is 3.42. The van der Waals surface area contributed by atoms with Gasteiger partial charge in [-0.25, -0.2) is 0 Å². The topological polar surface area (TPSA) is 25.2 Å². The van der Waals surface area contributed by atoms with E-state index < -0.39 is 0 Å². The predicted molar refractivity (Wildman–Crippen MR) is 74.3 cm³/mol. The first-order valence-corrected chi connectivity index (χ1v) is 6.97. The number of rotatable bonds is 5. The molecule has 0 radical (unpaired) electrons. The standard InChI is InChI=1S/C13H21BrN2O/c1-5-11(6-2)15(4)13(17)12-8-10(14)9-16(12)7-3/h8-9,11H,5-7H2,1-4H3. The summed E-state index contributed by atoms with van der Waals surface area (Å²) in [7, 11) is 1.89. The lowest BCUT2D eigenvalue weighted by atomic mass is 10.1. The summed E-state index contributed by atoms with van der Waals surface area (Å²) in [5.74, 6) is 0.103. The molecule has 0 saturated carbocycles. The summed E-state index contributed by atoms with van der Waals surface area (Å²) in [6.07, 6.45) is 3.94. The molecule has 1 aromatic heterocycles. The fourth-order valence-corrected chi connectivity index (χ4v) is 2.56. The molecule has 0 N–H and O–H groups in total. The molecule has 1 heterocycles. The first-order chi connectivity index (χ1) is 8.04. The lowest BCUT2D eigenvalue weighted by Gasteiger charge is -2.26. The maximum absolute atomic E-state index is 12.4. The number of carbonyl (C=O) groups excluding carboxylic acids is 1. The molecule has 1 aromatic rings. The minimum Gasteiger partial charge on any atom is -0.343 e. The van der Waals surface area contributed by atoms with Gasteiger partial charge in [0.15, 0.2) is 0 Å². The summed E-state index contributed by atoms with van der Waals surface area (Å²) in [5.41, 5.74) is 0.758. The Morgan fingerprint density at radius 3 is 2.47 bits per heavy atom. The van der Waals surface area contributed by atoms with Crippen molar-refractivity contribution in [2.75, 3.05) is 7.05 Å². The van der Waals surface area contributed by atoms with Crippen LogP contribution in [-0.2, 0) is 6.54 Å². The van der Waals surface area contributed by atoms with Crippen molar-refractivity contribution in [2.45, 2.75) is 46.2 Å². The summed E-state index contributed by atoms with van der Waals surface area (Å²) < 4.78 is 2.94. The third kappa shape index (κ3) is 3.12. The molecule has 1 rings (SSSR count). The van der Waals surface area contributed by atoms with E-state index >= 15 is 0 Å². The van der Waals surface area contributed by atoms with Crippen molar-refractivity contribution in [3.05, 3.63) is 22.4 Å². The molecule has 0 fully saturated rings. The van der Waals surface area contributed by atoms with Crippen molar-refractivity contribution in [3.8, 4) is 0 Å². The van der Waals surface area contributed by atoms with Crippen LogP contribution in [0.4, 0.5) is 0 Å². The minimum absolute atomic E-state index is 0.103.